The molecule has 0 aliphatic rings. The van der Waals surface area contributed by atoms with Crippen LogP contribution in [-0.2, 0) is 0 Å². The van der Waals surface area contributed by atoms with Crippen molar-refractivity contribution in [2.24, 2.45) is 0 Å². The van der Waals surface area contributed by atoms with Crippen LogP contribution in [0.5, 0.6) is 0 Å². The number of furan rings is 1. The lowest BCUT2D eigenvalue weighted by Crippen LogP contribution is -1.76. The fourth-order valence-corrected chi connectivity index (χ4v) is 5.04. The lowest BCUT2D eigenvalue weighted by Gasteiger charge is -1.99. The number of benzene rings is 2. The van der Waals surface area contributed by atoms with Crippen LogP contribution in [0.3, 0.4) is 0 Å². The van der Waals surface area contributed by atoms with Gasteiger partial charge in [0, 0.05) is 26.1 Å². The minimum absolute atomic E-state index is 0.946. The normalized spacial score (nSPS) is 11.3. The van der Waals surface area contributed by atoms with E-state index in [0.29, 0.717) is 0 Å². The Morgan fingerprint density at radius 2 is 1.38 bits per heavy atom. The maximum absolute atomic E-state index is 6.42. The lowest BCUT2D eigenvalue weighted by atomic mass is 10.1. The van der Waals surface area contributed by atoms with Crippen LogP contribution in [0.25, 0.3) is 42.5 Å². The summed E-state index contributed by atoms with van der Waals surface area (Å²) in [6.07, 6.45) is 0. The van der Waals surface area contributed by atoms with Gasteiger partial charge >= 0.3 is 0 Å². The van der Waals surface area contributed by atoms with Gasteiger partial charge in [-0.1, -0.05) is 60.2 Å². The van der Waals surface area contributed by atoms with Crippen LogP contribution in [0, 0.1) is 6.92 Å². The molecule has 0 N–H and O–H groups in total. The summed E-state index contributed by atoms with van der Waals surface area (Å²) in [4.78, 5) is 3.76. The Kier molecular flexibility index (Phi) is 3.77. The lowest BCUT2D eigenvalue weighted by molar-refractivity contribution is 0.603. The first-order chi connectivity index (χ1) is 12.8. The van der Waals surface area contributed by atoms with Crippen LogP contribution >= 0.6 is 22.7 Å². The van der Waals surface area contributed by atoms with Crippen molar-refractivity contribution in [2.45, 2.75) is 6.92 Å². The van der Waals surface area contributed by atoms with E-state index < -0.39 is 0 Å². The molecular weight excluding hydrogens is 356 g/mol. The van der Waals surface area contributed by atoms with Gasteiger partial charge in [0.15, 0.2) is 5.76 Å². The van der Waals surface area contributed by atoms with E-state index >= 15 is 0 Å². The zero-order valence-corrected chi connectivity index (χ0v) is 15.9. The molecule has 0 unspecified atom stereocenters. The van der Waals surface area contributed by atoms with Crippen LogP contribution in [0.2, 0.25) is 0 Å². The van der Waals surface area contributed by atoms with Crippen LogP contribution < -0.4 is 0 Å². The quantitative estimate of drug-likeness (QED) is 0.314. The molecule has 5 rings (SSSR count). The summed E-state index contributed by atoms with van der Waals surface area (Å²) in [5.74, 6) is 1.91. The van der Waals surface area contributed by atoms with Crippen molar-refractivity contribution < 1.29 is 4.42 Å². The Hall–Kier alpha value is -2.62. The molecule has 0 bridgehead atoms. The van der Waals surface area contributed by atoms with E-state index in [-0.39, 0.29) is 0 Å². The molecule has 0 aliphatic heterocycles. The summed E-state index contributed by atoms with van der Waals surface area (Å²) >= 11 is 3.56. The Bertz CT molecular complexity index is 1170. The molecule has 3 heteroatoms. The minimum atomic E-state index is 0.946. The van der Waals surface area contributed by atoms with E-state index in [0.717, 1.165) is 22.5 Å². The summed E-state index contributed by atoms with van der Waals surface area (Å²) in [6.45, 7) is 2.10. The molecular formula is C23H16OS2. The van der Waals surface area contributed by atoms with Gasteiger partial charge in [-0.05, 0) is 30.5 Å². The minimum Gasteiger partial charge on any atom is -0.454 e. The predicted octanol–water partition coefficient (Wildman–Crippen LogP) is 7.87. The fraction of sp³-hybridized carbons (Fsp3) is 0.0435. The molecule has 0 atom stereocenters. The predicted molar refractivity (Wildman–Crippen MR) is 113 cm³/mol. The summed E-state index contributed by atoms with van der Waals surface area (Å²) in [7, 11) is 0. The zero-order chi connectivity index (χ0) is 17.5. The van der Waals surface area contributed by atoms with Crippen molar-refractivity contribution in [1.82, 2.24) is 0 Å². The van der Waals surface area contributed by atoms with E-state index in [1.54, 1.807) is 22.7 Å². The van der Waals surface area contributed by atoms with Crippen molar-refractivity contribution in [3.8, 4) is 31.7 Å². The molecule has 1 nitrogen and oxygen atoms in total. The van der Waals surface area contributed by atoms with E-state index in [1.807, 2.05) is 0 Å². The molecule has 3 heterocycles. The van der Waals surface area contributed by atoms with E-state index in [1.165, 1.54) is 25.6 Å². The molecule has 0 fully saturated rings. The summed E-state index contributed by atoms with van der Waals surface area (Å²) < 4.78 is 6.42. The molecule has 0 aliphatic carbocycles. The second-order valence-electron chi connectivity index (χ2n) is 6.31. The van der Waals surface area contributed by atoms with Crippen LogP contribution in [-0.4, -0.2) is 0 Å². The molecule has 0 saturated carbocycles. The van der Waals surface area contributed by atoms with Crippen molar-refractivity contribution in [3.63, 3.8) is 0 Å². The van der Waals surface area contributed by atoms with Gasteiger partial charge in [0.25, 0.3) is 0 Å². The highest BCUT2D eigenvalue weighted by molar-refractivity contribution is 7.23. The van der Waals surface area contributed by atoms with Crippen LogP contribution in [0.1, 0.15) is 5.56 Å². The van der Waals surface area contributed by atoms with Crippen LogP contribution in [0.4, 0.5) is 0 Å². The van der Waals surface area contributed by atoms with E-state index in [2.05, 4.69) is 85.1 Å². The molecule has 126 valence electrons. The number of thiophene rings is 2. The third kappa shape index (κ3) is 2.61. The van der Waals surface area contributed by atoms with Gasteiger partial charge in [0.2, 0.25) is 0 Å². The molecule has 26 heavy (non-hydrogen) atoms. The van der Waals surface area contributed by atoms with Gasteiger partial charge in [-0.25, -0.2) is 0 Å². The summed E-state index contributed by atoms with van der Waals surface area (Å²) in [5, 5.41) is 4.45. The molecule has 5 aromatic rings. The van der Waals surface area contributed by atoms with Crippen molar-refractivity contribution in [2.75, 3.05) is 0 Å². The largest absolute Gasteiger partial charge is 0.454 e. The van der Waals surface area contributed by atoms with Crippen LogP contribution in [0.15, 0.2) is 82.6 Å². The highest BCUT2D eigenvalue weighted by atomic mass is 32.1. The standard InChI is InChI=1S/C23H16OS2/c1-15-8-10-16(11-9-15)22-17-5-2-3-6-18(17)23(24-22)21-13-12-20(26-21)19-7-4-14-25-19/h2-14H,1H3. The second kappa shape index (κ2) is 6.27. The maximum Gasteiger partial charge on any atom is 0.152 e. The fourth-order valence-electron chi connectivity index (χ4n) is 3.20. The van der Waals surface area contributed by atoms with Gasteiger partial charge in [0.1, 0.15) is 5.76 Å². The average molecular weight is 373 g/mol. The van der Waals surface area contributed by atoms with Crippen molar-refractivity contribution >= 4 is 33.4 Å². The highest BCUT2D eigenvalue weighted by Crippen LogP contribution is 2.43. The Morgan fingerprint density at radius 3 is 2.12 bits per heavy atom. The topological polar surface area (TPSA) is 13.1 Å². The average Bonchev–Trinajstić information content (AvgIpc) is 3.41. The Balaban J connectivity index is 1.68. The molecule has 3 aromatic heterocycles. The molecule has 0 amide bonds. The second-order valence-corrected chi connectivity index (χ2v) is 8.34. The number of fused-ring (bicyclic) bond motifs is 1. The van der Waals surface area contributed by atoms with Gasteiger partial charge < -0.3 is 4.42 Å². The maximum atomic E-state index is 6.42. The first kappa shape index (κ1) is 15.6. The highest BCUT2D eigenvalue weighted by Gasteiger charge is 2.17. The number of hydrogen-bond acceptors (Lipinski definition) is 3. The molecule has 0 saturated heterocycles. The van der Waals surface area contributed by atoms with Gasteiger partial charge in [-0.2, -0.15) is 0 Å². The van der Waals surface area contributed by atoms with Gasteiger partial charge in [-0.15, -0.1) is 22.7 Å². The Morgan fingerprint density at radius 1 is 0.654 bits per heavy atom. The first-order valence-electron chi connectivity index (χ1n) is 8.52. The monoisotopic (exact) mass is 372 g/mol. The molecule has 0 spiro atoms. The molecule has 0 radical (unpaired) electrons. The summed E-state index contributed by atoms with van der Waals surface area (Å²) in [6, 6.07) is 25.6. The molecule has 2 aromatic carbocycles. The third-order valence-electron chi connectivity index (χ3n) is 4.53. The Labute approximate surface area is 160 Å². The number of aryl methyl sites for hydroxylation is 1. The number of rotatable bonds is 3. The third-order valence-corrected chi connectivity index (χ3v) is 6.68. The van der Waals surface area contributed by atoms with E-state index in [9.17, 15) is 0 Å². The summed E-state index contributed by atoms with van der Waals surface area (Å²) in [5.41, 5.74) is 2.37. The van der Waals surface area contributed by atoms with Gasteiger partial charge in [0.05, 0.1) is 4.88 Å². The van der Waals surface area contributed by atoms with Crippen molar-refractivity contribution in [3.05, 3.63) is 83.7 Å². The SMILES string of the molecule is Cc1ccc(-c2oc(-c3ccc(-c4cccs4)s3)c3ccccc23)cc1. The smallest absolute Gasteiger partial charge is 0.152 e. The van der Waals surface area contributed by atoms with Gasteiger partial charge in [-0.3, -0.25) is 0 Å². The van der Waals surface area contributed by atoms with E-state index in [4.69, 9.17) is 4.42 Å². The zero-order valence-electron chi connectivity index (χ0n) is 14.2. The van der Waals surface area contributed by atoms with Crippen molar-refractivity contribution in [1.29, 1.82) is 0 Å². The number of hydrogen-bond donors (Lipinski definition) is 0. The first-order valence-corrected chi connectivity index (χ1v) is 10.2.